The zero-order valence-corrected chi connectivity index (χ0v) is 13.8. The third-order valence-electron chi connectivity index (χ3n) is 2.68. The first-order valence-corrected chi connectivity index (χ1v) is 10.3. The van der Waals surface area contributed by atoms with Crippen molar-refractivity contribution in [1.29, 1.82) is 0 Å². The highest BCUT2D eigenvalue weighted by molar-refractivity contribution is 7.66. The lowest BCUT2D eigenvalue weighted by Gasteiger charge is -2.17. The minimum atomic E-state index is -5.46. The maximum absolute atomic E-state index is 11.4. The van der Waals surface area contributed by atoms with Gasteiger partial charge in [-0.05, 0) is 19.3 Å². The molecule has 4 N–H and O–H groups in total. The van der Waals surface area contributed by atoms with E-state index in [0.29, 0.717) is 6.42 Å². The van der Waals surface area contributed by atoms with Gasteiger partial charge in [0.05, 0.1) is 18.8 Å². The van der Waals surface area contributed by atoms with Crippen LogP contribution in [0.5, 0.6) is 0 Å². The van der Waals surface area contributed by atoms with Gasteiger partial charge in [-0.25, -0.2) is 13.7 Å². The Bertz CT molecular complexity index is 490. The molecule has 1 heterocycles. The van der Waals surface area contributed by atoms with Crippen LogP contribution in [0, 0.1) is 5.92 Å². The van der Waals surface area contributed by atoms with Crippen molar-refractivity contribution >= 4 is 23.5 Å². The molecule has 0 aromatic rings. The van der Waals surface area contributed by atoms with E-state index in [0.717, 1.165) is 0 Å². The molecule has 0 bridgehead atoms. The molecule has 0 spiro atoms. The highest BCUT2D eigenvalue weighted by Gasteiger charge is 2.41. The minimum absolute atomic E-state index is 0.0699. The molecule has 1 rings (SSSR count). The van der Waals surface area contributed by atoms with Crippen LogP contribution in [0.2, 0.25) is 0 Å². The zero-order valence-electron chi connectivity index (χ0n) is 11.1. The first-order chi connectivity index (χ1) is 9.30. The highest BCUT2D eigenvalue weighted by atomic mass is 31.3. The average molecular weight is 370 g/mol. The van der Waals surface area contributed by atoms with E-state index in [1.165, 1.54) is 0 Å². The largest absolute Gasteiger partial charge is 0.490 e. The summed E-state index contributed by atoms with van der Waals surface area (Å²) in [5, 5.41) is 0. The second kappa shape index (κ2) is 6.86. The molecule has 1 aliphatic rings. The van der Waals surface area contributed by atoms with E-state index in [1.807, 2.05) is 13.8 Å². The zero-order chi connectivity index (χ0) is 16.5. The molecule has 1 fully saturated rings. The average Bonchev–Trinajstić information content (AvgIpc) is 2.50. The van der Waals surface area contributed by atoms with Gasteiger partial charge in [0.1, 0.15) is 0 Å². The van der Waals surface area contributed by atoms with Gasteiger partial charge in [0.15, 0.2) is 0 Å². The Morgan fingerprint density at radius 3 is 2.05 bits per heavy atom. The van der Waals surface area contributed by atoms with Gasteiger partial charge in [0.25, 0.3) is 0 Å². The van der Waals surface area contributed by atoms with E-state index in [2.05, 4.69) is 13.1 Å². The van der Waals surface area contributed by atoms with Crippen LogP contribution >= 0.6 is 23.5 Å². The molecule has 5 atom stereocenters. The Balaban J connectivity index is 2.52. The molecule has 0 amide bonds. The summed E-state index contributed by atoms with van der Waals surface area (Å²) in [6.45, 7) is 3.34. The number of phosphoric ester groups is 1. The Morgan fingerprint density at radius 2 is 1.62 bits per heavy atom. The van der Waals surface area contributed by atoms with E-state index in [4.69, 9.17) is 19.4 Å². The molecule has 126 valence electrons. The first-order valence-electron chi connectivity index (χ1n) is 5.73. The molecule has 21 heavy (non-hydrogen) atoms. The second-order valence-corrected chi connectivity index (χ2v) is 8.98. The van der Waals surface area contributed by atoms with Crippen molar-refractivity contribution in [3.05, 3.63) is 0 Å². The van der Waals surface area contributed by atoms with Crippen LogP contribution in [-0.2, 0) is 31.6 Å². The molecule has 0 aromatic carbocycles. The van der Waals surface area contributed by atoms with E-state index in [9.17, 15) is 18.6 Å². The summed E-state index contributed by atoms with van der Waals surface area (Å²) in [7, 11) is -15.9. The summed E-state index contributed by atoms with van der Waals surface area (Å²) in [6.07, 6.45) is -0.0175. The van der Waals surface area contributed by atoms with Crippen molar-refractivity contribution in [3.63, 3.8) is 0 Å². The Morgan fingerprint density at radius 1 is 1.05 bits per heavy atom. The van der Waals surface area contributed by atoms with Crippen molar-refractivity contribution in [2.75, 3.05) is 6.61 Å². The van der Waals surface area contributed by atoms with E-state index in [1.54, 1.807) is 0 Å². The van der Waals surface area contributed by atoms with Crippen LogP contribution < -0.4 is 0 Å². The predicted molar refractivity (Wildman–Crippen MR) is 67.9 cm³/mol. The van der Waals surface area contributed by atoms with Gasteiger partial charge in [-0.15, -0.1) is 0 Å². The van der Waals surface area contributed by atoms with Crippen LogP contribution in [-0.4, -0.2) is 38.4 Å². The summed E-state index contributed by atoms with van der Waals surface area (Å²) >= 11 is 0. The summed E-state index contributed by atoms with van der Waals surface area (Å²) in [6, 6.07) is 0. The molecule has 14 heteroatoms. The number of rotatable bonds is 7. The van der Waals surface area contributed by atoms with Gasteiger partial charge in [0.2, 0.25) is 0 Å². The van der Waals surface area contributed by atoms with Crippen molar-refractivity contribution in [1.82, 2.24) is 0 Å². The maximum atomic E-state index is 11.4. The van der Waals surface area contributed by atoms with Crippen LogP contribution in [0.25, 0.3) is 0 Å². The third kappa shape index (κ3) is 7.45. The number of ether oxygens (including phenoxy) is 1. The van der Waals surface area contributed by atoms with Crippen LogP contribution in [0.3, 0.4) is 0 Å². The molecule has 0 aromatic heterocycles. The predicted octanol–water partition coefficient (Wildman–Crippen LogP) is 1.14. The summed E-state index contributed by atoms with van der Waals surface area (Å²) < 4.78 is 49.9. The molecule has 0 radical (unpaired) electrons. The lowest BCUT2D eigenvalue weighted by molar-refractivity contribution is 0.0138. The third-order valence-corrected chi connectivity index (χ3v) is 6.49. The van der Waals surface area contributed by atoms with Crippen LogP contribution in [0.15, 0.2) is 0 Å². The molecular formula is C7H17O11P3. The lowest BCUT2D eigenvalue weighted by atomic mass is 10.0. The van der Waals surface area contributed by atoms with Gasteiger partial charge in [-0.3, -0.25) is 4.52 Å². The van der Waals surface area contributed by atoms with Gasteiger partial charge >= 0.3 is 23.5 Å². The molecule has 1 saturated heterocycles. The Hall–Kier alpha value is 0.370. The fourth-order valence-corrected chi connectivity index (χ4v) is 4.74. The fraction of sp³-hybridized carbons (Fsp3) is 1.00. The molecule has 0 aliphatic carbocycles. The van der Waals surface area contributed by atoms with Crippen molar-refractivity contribution in [3.8, 4) is 0 Å². The SMILES string of the molecule is CC1O[C@H](COP(=O)(O)OP(=O)(O)OP(=O)(O)O)C[C@@H]1C. The lowest BCUT2D eigenvalue weighted by Crippen LogP contribution is -2.15. The second-order valence-electron chi connectivity index (χ2n) is 4.56. The summed E-state index contributed by atoms with van der Waals surface area (Å²) in [4.78, 5) is 34.9. The summed E-state index contributed by atoms with van der Waals surface area (Å²) in [5.41, 5.74) is 0. The Kier molecular flexibility index (Phi) is 6.35. The van der Waals surface area contributed by atoms with Gasteiger partial charge in [-0.1, -0.05) is 6.92 Å². The van der Waals surface area contributed by atoms with Crippen LogP contribution in [0.4, 0.5) is 0 Å². The molecule has 3 unspecified atom stereocenters. The van der Waals surface area contributed by atoms with E-state index >= 15 is 0 Å². The van der Waals surface area contributed by atoms with Gasteiger partial charge < -0.3 is 24.3 Å². The van der Waals surface area contributed by atoms with Crippen molar-refractivity contribution < 1.29 is 51.2 Å². The fourth-order valence-electron chi connectivity index (χ4n) is 1.69. The van der Waals surface area contributed by atoms with Crippen LogP contribution in [0.1, 0.15) is 20.3 Å². The van der Waals surface area contributed by atoms with Crippen molar-refractivity contribution in [2.45, 2.75) is 32.5 Å². The number of phosphoric acid groups is 3. The standard InChI is InChI=1S/C7H17O11P3/c1-5-3-7(16-6(5)2)4-15-20(11,12)18-21(13,14)17-19(8,9)10/h5-7H,3-4H2,1-2H3,(H,11,12)(H,13,14)(H2,8,9,10)/t5-,6?,7-/m0/s1. The topological polar surface area (TPSA) is 169 Å². The maximum Gasteiger partial charge on any atom is 0.490 e. The molecule has 1 aliphatic heterocycles. The Labute approximate surface area is 120 Å². The summed E-state index contributed by atoms with van der Waals surface area (Å²) in [5.74, 6) is 0.208. The normalized spacial score (nSPS) is 32.6. The molecule has 0 saturated carbocycles. The van der Waals surface area contributed by atoms with E-state index in [-0.39, 0.29) is 12.0 Å². The minimum Gasteiger partial charge on any atom is -0.373 e. The van der Waals surface area contributed by atoms with Crippen molar-refractivity contribution in [2.24, 2.45) is 5.92 Å². The smallest absolute Gasteiger partial charge is 0.373 e. The highest BCUT2D eigenvalue weighted by Crippen LogP contribution is 2.66. The first kappa shape index (κ1) is 19.4. The molecule has 11 nitrogen and oxygen atoms in total. The molecular weight excluding hydrogens is 353 g/mol. The van der Waals surface area contributed by atoms with Gasteiger partial charge in [0, 0.05) is 0 Å². The van der Waals surface area contributed by atoms with E-state index < -0.39 is 36.2 Å². The van der Waals surface area contributed by atoms with Gasteiger partial charge in [-0.2, -0.15) is 8.62 Å². The quantitative estimate of drug-likeness (QED) is 0.474. The monoisotopic (exact) mass is 370 g/mol. The number of hydrogen-bond donors (Lipinski definition) is 4. The number of hydrogen-bond acceptors (Lipinski definition) is 7.